The van der Waals surface area contributed by atoms with Crippen molar-refractivity contribution in [3.63, 3.8) is 0 Å². The summed E-state index contributed by atoms with van der Waals surface area (Å²) in [6.45, 7) is 3.16. The van der Waals surface area contributed by atoms with Crippen LogP contribution in [0, 0.1) is 5.92 Å². The van der Waals surface area contributed by atoms with Crippen molar-refractivity contribution < 1.29 is 9.47 Å². The molecule has 3 nitrogen and oxygen atoms in total. The second-order valence-corrected chi connectivity index (χ2v) is 5.95. The van der Waals surface area contributed by atoms with Crippen LogP contribution in [0.2, 0.25) is 0 Å². The zero-order valence-electron chi connectivity index (χ0n) is 13.7. The minimum atomic E-state index is 0.412. The number of benzene rings is 1. The minimum absolute atomic E-state index is 0.412. The number of rotatable bonds is 8. The smallest absolute Gasteiger partial charge is 0.161 e. The van der Waals surface area contributed by atoms with Gasteiger partial charge in [-0.3, -0.25) is 0 Å². The van der Waals surface area contributed by atoms with Crippen molar-refractivity contribution in [2.45, 2.75) is 51.5 Å². The maximum atomic E-state index is 5.43. The van der Waals surface area contributed by atoms with Crippen molar-refractivity contribution in [2.24, 2.45) is 5.92 Å². The lowest BCUT2D eigenvalue weighted by Crippen LogP contribution is -2.21. The van der Waals surface area contributed by atoms with Crippen LogP contribution >= 0.6 is 0 Å². The average Bonchev–Trinajstić information content (AvgIpc) is 3.04. The molecule has 1 aliphatic rings. The van der Waals surface area contributed by atoms with E-state index in [1.807, 2.05) is 6.07 Å². The Kier molecular flexibility index (Phi) is 6.37. The molecule has 0 saturated heterocycles. The van der Waals surface area contributed by atoms with Gasteiger partial charge < -0.3 is 14.8 Å². The molecule has 0 amide bonds. The monoisotopic (exact) mass is 291 g/mol. The highest BCUT2D eigenvalue weighted by Crippen LogP contribution is 2.34. The van der Waals surface area contributed by atoms with Crippen LogP contribution in [0.3, 0.4) is 0 Å². The number of nitrogens with one attached hydrogen (secondary N) is 1. The van der Waals surface area contributed by atoms with Gasteiger partial charge in [-0.2, -0.15) is 0 Å². The topological polar surface area (TPSA) is 30.5 Å². The molecule has 118 valence electrons. The summed E-state index contributed by atoms with van der Waals surface area (Å²) >= 11 is 0. The van der Waals surface area contributed by atoms with E-state index in [2.05, 4.69) is 24.4 Å². The summed E-state index contributed by atoms with van der Waals surface area (Å²) in [7, 11) is 3.38. The van der Waals surface area contributed by atoms with Crippen LogP contribution < -0.4 is 14.8 Å². The Labute approximate surface area is 129 Å². The van der Waals surface area contributed by atoms with E-state index in [1.165, 1.54) is 44.1 Å². The lowest BCUT2D eigenvalue weighted by molar-refractivity contribution is 0.353. The first-order chi connectivity index (χ1) is 10.3. The van der Waals surface area contributed by atoms with Crippen LogP contribution in [0.25, 0.3) is 0 Å². The predicted octanol–water partition coefficient (Wildman–Crippen LogP) is 4.32. The lowest BCUT2D eigenvalue weighted by Gasteiger charge is -2.21. The molecule has 1 N–H and O–H groups in total. The molecule has 2 rings (SSSR count). The molecule has 1 fully saturated rings. The molecule has 1 aliphatic carbocycles. The van der Waals surface area contributed by atoms with Gasteiger partial charge in [0.25, 0.3) is 0 Å². The van der Waals surface area contributed by atoms with Crippen LogP contribution in [-0.2, 0) is 0 Å². The first-order valence-electron chi connectivity index (χ1n) is 8.23. The highest BCUT2D eigenvalue weighted by atomic mass is 16.5. The molecule has 0 radical (unpaired) electrons. The minimum Gasteiger partial charge on any atom is -0.493 e. The molecule has 0 aliphatic heterocycles. The number of hydrogen-bond acceptors (Lipinski definition) is 3. The molecule has 0 aromatic heterocycles. The van der Waals surface area contributed by atoms with Gasteiger partial charge in [-0.05, 0) is 43.0 Å². The molecular formula is C18H29NO2. The van der Waals surface area contributed by atoms with Gasteiger partial charge in [-0.25, -0.2) is 0 Å². The third-order valence-corrected chi connectivity index (χ3v) is 4.60. The van der Waals surface area contributed by atoms with E-state index < -0.39 is 0 Å². The zero-order chi connectivity index (χ0) is 15.1. The summed E-state index contributed by atoms with van der Waals surface area (Å²) in [5.74, 6) is 2.55. The molecule has 21 heavy (non-hydrogen) atoms. The third kappa shape index (κ3) is 4.37. The van der Waals surface area contributed by atoms with Gasteiger partial charge in [0, 0.05) is 6.04 Å². The lowest BCUT2D eigenvalue weighted by atomic mass is 9.94. The Hall–Kier alpha value is -1.22. The average molecular weight is 291 g/mol. The van der Waals surface area contributed by atoms with E-state index >= 15 is 0 Å². The fraction of sp³-hybridized carbons (Fsp3) is 0.667. The van der Waals surface area contributed by atoms with E-state index in [-0.39, 0.29) is 0 Å². The quantitative estimate of drug-likeness (QED) is 0.773. The van der Waals surface area contributed by atoms with Crippen molar-refractivity contribution in [3.05, 3.63) is 23.8 Å². The maximum absolute atomic E-state index is 5.43. The Balaban J connectivity index is 2.05. The van der Waals surface area contributed by atoms with E-state index in [0.717, 1.165) is 24.0 Å². The molecule has 1 saturated carbocycles. The highest BCUT2D eigenvalue weighted by molar-refractivity contribution is 5.43. The number of ether oxygens (including phenoxy) is 2. The van der Waals surface area contributed by atoms with Crippen LogP contribution in [0.5, 0.6) is 11.5 Å². The summed E-state index contributed by atoms with van der Waals surface area (Å²) < 4.78 is 10.8. The van der Waals surface area contributed by atoms with E-state index in [1.54, 1.807) is 14.2 Å². The van der Waals surface area contributed by atoms with Gasteiger partial charge in [-0.15, -0.1) is 0 Å². The fourth-order valence-electron chi connectivity index (χ4n) is 3.40. The first-order valence-corrected chi connectivity index (χ1v) is 8.23. The molecule has 1 aromatic rings. The number of hydrogen-bond donors (Lipinski definition) is 1. The molecule has 0 heterocycles. The predicted molar refractivity (Wildman–Crippen MR) is 87.2 cm³/mol. The zero-order valence-corrected chi connectivity index (χ0v) is 13.7. The summed E-state index contributed by atoms with van der Waals surface area (Å²) in [6.07, 6.45) is 8.22. The van der Waals surface area contributed by atoms with Gasteiger partial charge in [0.1, 0.15) is 0 Å². The molecule has 0 spiro atoms. The SMILES string of the molecule is CCNC(CCC1CCCC1)c1ccc(OC)c(OC)c1. The van der Waals surface area contributed by atoms with Gasteiger partial charge in [-0.1, -0.05) is 38.7 Å². The van der Waals surface area contributed by atoms with Gasteiger partial charge in [0.05, 0.1) is 14.2 Å². The second kappa shape index (κ2) is 8.28. The second-order valence-electron chi connectivity index (χ2n) is 5.95. The van der Waals surface area contributed by atoms with Crippen molar-refractivity contribution in [3.8, 4) is 11.5 Å². The Morgan fingerprint density at radius 1 is 1.14 bits per heavy atom. The highest BCUT2D eigenvalue weighted by Gasteiger charge is 2.19. The number of methoxy groups -OCH3 is 2. The Bertz CT molecular complexity index is 427. The Morgan fingerprint density at radius 3 is 2.48 bits per heavy atom. The summed E-state index contributed by atoms with van der Waals surface area (Å²) in [5, 5.41) is 3.62. The van der Waals surface area contributed by atoms with E-state index in [0.29, 0.717) is 6.04 Å². The summed E-state index contributed by atoms with van der Waals surface area (Å²) in [6, 6.07) is 6.69. The third-order valence-electron chi connectivity index (χ3n) is 4.60. The first kappa shape index (κ1) is 16.2. The largest absolute Gasteiger partial charge is 0.493 e. The van der Waals surface area contributed by atoms with Crippen molar-refractivity contribution in [1.82, 2.24) is 5.32 Å². The van der Waals surface area contributed by atoms with Crippen LogP contribution in [-0.4, -0.2) is 20.8 Å². The fourth-order valence-corrected chi connectivity index (χ4v) is 3.40. The van der Waals surface area contributed by atoms with E-state index in [9.17, 15) is 0 Å². The van der Waals surface area contributed by atoms with Crippen molar-refractivity contribution in [2.75, 3.05) is 20.8 Å². The summed E-state index contributed by atoms with van der Waals surface area (Å²) in [5.41, 5.74) is 1.30. The molecule has 0 bridgehead atoms. The Morgan fingerprint density at radius 2 is 1.86 bits per heavy atom. The van der Waals surface area contributed by atoms with Crippen LogP contribution in [0.15, 0.2) is 18.2 Å². The summed E-state index contributed by atoms with van der Waals surface area (Å²) in [4.78, 5) is 0. The van der Waals surface area contributed by atoms with Gasteiger partial charge in [0.2, 0.25) is 0 Å². The van der Waals surface area contributed by atoms with Crippen LogP contribution in [0.1, 0.15) is 57.1 Å². The van der Waals surface area contributed by atoms with Gasteiger partial charge in [0.15, 0.2) is 11.5 Å². The molecule has 3 heteroatoms. The van der Waals surface area contributed by atoms with Crippen molar-refractivity contribution in [1.29, 1.82) is 0 Å². The molecular weight excluding hydrogens is 262 g/mol. The van der Waals surface area contributed by atoms with Crippen molar-refractivity contribution >= 4 is 0 Å². The molecule has 1 aromatic carbocycles. The standard InChI is InChI=1S/C18H29NO2/c1-4-19-16(11-9-14-7-5-6-8-14)15-10-12-17(20-2)18(13-15)21-3/h10,12-14,16,19H,4-9,11H2,1-3H3. The maximum Gasteiger partial charge on any atom is 0.161 e. The van der Waals surface area contributed by atoms with Crippen LogP contribution in [0.4, 0.5) is 0 Å². The van der Waals surface area contributed by atoms with Gasteiger partial charge >= 0.3 is 0 Å². The molecule has 1 atom stereocenters. The molecule has 1 unspecified atom stereocenters. The normalized spacial score (nSPS) is 16.9. The van der Waals surface area contributed by atoms with E-state index in [4.69, 9.17) is 9.47 Å².